The lowest BCUT2D eigenvalue weighted by atomic mass is 10.1. The zero-order valence-corrected chi connectivity index (χ0v) is 12.8. The smallest absolute Gasteiger partial charge is 0.347 e. The van der Waals surface area contributed by atoms with Crippen LogP contribution in [0.3, 0.4) is 0 Å². The van der Waals surface area contributed by atoms with Crippen LogP contribution in [0.1, 0.15) is 15.9 Å². The van der Waals surface area contributed by atoms with Crippen LogP contribution in [0, 0.1) is 0 Å². The molecule has 0 aliphatic rings. The van der Waals surface area contributed by atoms with E-state index in [4.69, 9.17) is 0 Å². The number of methoxy groups -OCH3 is 1. The van der Waals surface area contributed by atoms with Gasteiger partial charge in [-0.05, 0) is 17.7 Å². The molecule has 24 heavy (non-hydrogen) atoms. The Morgan fingerprint density at radius 1 is 1.12 bits per heavy atom. The highest BCUT2D eigenvalue weighted by Crippen LogP contribution is 2.26. The van der Waals surface area contributed by atoms with Gasteiger partial charge in [0.15, 0.2) is 5.56 Å². The molecular formula is C18H14N2O4. The highest BCUT2D eigenvalue weighted by molar-refractivity contribution is 5.99. The Labute approximate surface area is 137 Å². The van der Waals surface area contributed by atoms with Crippen molar-refractivity contribution in [3.05, 3.63) is 76.1 Å². The van der Waals surface area contributed by atoms with E-state index in [0.717, 1.165) is 17.3 Å². The first-order valence-corrected chi connectivity index (χ1v) is 7.18. The van der Waals surface area contributed by atoms with E-state index in [1.807, 2.05) is 30.3 Å². The lowest BCUT2D eigenvalue weighted by Crippen LogP contribution is -2.25. The third kappa shape index (κ3) is 2.65. The van der Waals surface area contributed by atoms with E-state index >= 15 is 0 Å². The third-order valence-corrected chi connectivity index (χ3v) is 3.54. The molecule has 6 nitrogen and oxygen atoms in total. The predicted molar refractivity (Wildman–Crippen MR) is 90.6 cm³/mol. The summed E-state index contributed by atoms with van der Waals surface area (Å²) in [6.45, 7) is 0. The molecule has 0 spiro atoms. The molecule has 0 amide bonds. The maximum absolute atomic E-state index is 12.6. The molecule has 6 heteroatoms. The van der Waals surface area contributed by atoms with Crippen LogP contribution in [-0.4, -0.2) is 29.1 Å². The van der Waals surface area contributed by atoms with Crippen LogP contribution < -0.4 is 5.56 Å². The van der Waals surface area contributed by atoms with Crippen LogP contribution in [-0.2, 0) is 4.74 Å². The van der Waals surface area contributed by atoms with Crippen molar-refractivity contribution >= 4 is 23.1 Å². The molecule has 0 aliphatic heterocycles. The summed E-state index contributed by atoms with van der Waals surface area (Å²) in [4.78, 5) is 24.5. The second-order valence-electron chi connectivity index (χ2n) is 5.00. The van der Waals surface area contributed by atoms with Gasteiger partial charge in [0.25, 0.3) is 5.56 Å². The van der Waals surface area contributed by atoms with E-state index in [0.29, 0.717) is 10.9 Å². The number of ether oxygens (including phenoxy) is 1. The van der Waals surface area contributed by atoms with Crippen molar-refractivity contribution in [2.75, 3.05) is 7.11 Å². The summed E-state index contributed by atoms with van der Waals surface area (Å²) in [5.41, 5.74) is -0.00680. The zero-order chi connectivity index (χ0) is 17.1. The molecule has 0 radical (unpaired) electrons. The highest BCUT2D eigenvalue weighted by Gasteiger charge is 2.22. The fraction of sp³-hybridized carbons (Fsp3) is 0.0556. The van der Waals surface area contributed by atoms with Crippen LogP contribution >= 0.6 is 0 Å². The molecule has 0 bridgehead atoms. The number of carbonyl (C=O) groups is 1. The number of nitrogens with zero attached hydrogens (tertiary/aromatic N) is 2. The molecule has 1 heterocycles. The molecule has 0 fully saturated rings. The lowest BCUT2D eigenvalue weighted by Gasteiger charge is -2.10. The molecule has 0 saturated carbocycles. The fourth-order valence-electron chi connectivity index (χ4n) is 2.37. The number of pyridine rings is 1. The van der Waals surface area contributed by atoms with E-state index in [1.165, 1.54) is 6.21 Å². The Hall–Kier alpha value is -3.41. The number of benzene rings is 2. The second kappa shape index (κ2) is 6.37. The molecule has 0 saturated heterocycles. The number of hydrogen-bond acceptors (Lipinski definition) is 5. The van der Waals surface area contributed by atoms with E-state index in [9.17, 15) is 14.7 Å². The minimum atomic E-state index is -0.910. The monoisotopic (exact) mass is 322 g/mol. The molecule has 3 aromatic rings. The Morgan fingerprint density at radius 2 is 1.79 bits per heavy atom. The van der Waals surface area contributed by atoms with Gasteiger partial charge in [-0.25, -0.2) is 4.79 Å². The van der Waals surface area contributed by atoms with Gasteiger partial charge in [-0.15, -0.1) is 0 Å². The summed E-state index contributed by atoms with van der Waals surface area (Å²) in [5.74, 6) is -1.32. The lowest BCUT2D eigenvalue weighted by molar-refractivity contribution is 0.0595. The number of para-hydroxylation sites is 1. The summed E-state index contributed by atoms with van der Waals surface area (Å²) >= 11 is 0. The average Bonchev–Trinajstić information content (AvgIpc) is 2.62. The Balaban J connectivity index is 2.28. The van der Waals surface area contributed by atoms with E-state index in [-0.39, 0.29) is 0 Å². The maximum atomic E-state index is 12.6. The molecule has 2 aromatic carbocycles. The molecule has 0 atom stereocenters. The summed E-state index contributed by atoms with van der Waals surface area (Å²) in [6, 6.07) is 15.9. The van der Waals surface area contributed by atoms with Gasteiger partial charge in [0.1, 0.15) is 5.75 Å². The normalized spacial score (nSPS) is 11.0. The van der Waals surface area contributed by atoms with Crippen LogP contribution in [0.4, 0.5) is 0 Å². The van der Waals surface area contributed by atoms with E-state index < -0.39 is 22.8 Å². The summed E-state index contributed by atoms with van der Waals surface area (Å²) in [5, 5.41) is 14.8. The van der Waals surface area contributed by atoms with Crippen molar-refractivity contribution in [2.24, 2.45) is 5.10 Å². The van der Waals surface area contributed by atoms with Gasteiger partial charge in [-0.2, -0.15) is 9.78 Å². The average molecular weight is 322 g/mol. The van der Waals surface area contributed by atoms with Crippen LogP contribution in [0.15, 0.2) is 64.5 Å². The molecule has 3 rings (SSSR count). The van der Waals surface area contributed by atoms with Crippen molar-refractivity contribution < 1.29 is 14.6 Å². The van der Waals surface area contributed by atoms with Gasteiger partial charge >= 0.3 is 5.97 Å². The molecule has 0 unspecified atom stereocenters. The summed E-state index contributed by atoms with van der Waals surface area (Å²) in [6.07, 6.45) is 1.51. The van der Waals surface area contributed by atoms with Gasteiger partial charge in [0, 0.05) is 5.39 Å². The molecule has 0 aliphatic carbocycles. The number of carbonyl (C=O) groups excluding carboxylic acids is 1. The molecular weight excluding hydrogens is 308 g/mol. The molecule has 120 valence electrons. The first-order valence-electron chi connectivity index (χ1n) is 7.18. The minimum absolute atomic E-state index is 0.336. The van der Waals surface area contributed by atoms with Crippen molar-refractivity contribution in [1.82, 2.24) is 4.68 Å². The first kappa shape index (κ1) is 15.5. The Bertz CT molecular complexity index is 991. The minimum Gasteiger partial charge on any atom is -0.506 e. The number of hydrogen-bond donors (Lipinski definition) is 1. The van der Waals surface area contributed by atoms with Gasteiger partial charge in [-0.1, -0.05) is 42.5 Å². The maximum Gasteiger partial charge on any atom is 0.347 e. The molecule has 1 N–H and O–H groups in total. The first-order chi connectivity index (χ1) is 11.6. The Morgan fingerprint density at radius 3 is 2.50 bits per heavy atom. The number of rotatable bonds is 3. The summed E-state index contributed by atoms with van der Waals surface area (Å²) in [7, 11) is 1.15. The van der Waals surface area contributed by atoms with Gasteiger partial charge in [-0.3, -0.25) is 4.79 Å². The number of esters is 1. The van der Waals surface area contributed by atoms with Gasteiger partial charge in [0.05, 0.1) is 18.8 Å². The zero-order valence-electron chi connectivity index (χ0n) is 12.8. The van der Waals surface area contributed by atoms with Crippen molar-refractivity contribution in [3.8, 4) is 5.75 Å². The van der Waals surface area contributed by atoms with Crippen molar-refractivity contribution in [2.45, 2.75) is 0 Å². The highest BCUT2D eigenvalue weighted by atomic mass is 16.5. The van der Waals surface area contributed by atoms with Crippen LogP contribution in [0.25, 0.3) is 10.9 Å². The standard InChI is InChI=1S/C18H14N2O4/c1-24-18(23)15-16(21)13-9-5-6-10-14(13)20(17(15)22)19-11-12-7-3-2-4-8-12/h2-11,21H,1H3/b19-11+. The largest absolute Gasteiger partial charge is 0.506 e. The fourth-order valence-corrected chi connectivity index (χ4v) is 2.37. The SMILES string of the molecule is COC(=O)c1c(O)c2ccccc2n(/N=C/c2ccccc2)c1=O. The Kier molecular flexibility index (Phi) is 4.11. The quantitative estimate of drug-likeness (QED) is 0.593. The summed E-state index contributed by atoms with van der Waals surface area (Å²) < 4.78 is 5.68. The predicted octanol–water partition coefficient (Wildman–Crippen LogP) is 2.38. The van der Waals surface area contributed by atoms with Crippen molar-refractivity contribution in [1.29, 1.82) is 0 Å². The number of fused-ring (bicyclic) bond motifs is 1. The van der Waals surface area contributed by atoms with E-state index in [2.05, 4.69) is 9.84 Å². The third-order valence-electron chi connectivity index (χ3n) is 3.54. The van der Waals surface area contributed by atoms with E-state index in [1.54, 1.807) is 24.3 Å². The van der Waals surface area contributed by atoms with Gasteiger partial charge < -0.3 is 9.84 Å². The topological polar surface area (TPSA) is 80.9 Å². The number of aromatic hydroxyl groups is 1. The molecule has 1 aromatic heterocycles. The van der Waals surface area contributed by atoms with Crippen molar-refractivity contribution in [3.63, 3.8) is 0 Å². The van der Waals surface area contributed by atoms with Crippen LogP contribution in [0.5, 0.6) is 5.75 Å². The second-order valence-corrected chi connectivity index (χ2v) is 5.00. The van der Waals surface area contributed by atoms with Gasteiger partial charge in [0.2, 0.25) is 0 Å². The number of aromatic nitrogens is 1. The van der Waals surface area contributed by atoms with Crippen LogP contribution in [0.2, 0.25) is 0 Å².